The molecule has 0 aromatic rings. The molecule has 82 valence electrons. The average Bonchev–Trinajstić information content (AvgIpc) is 2.02. The van der Waals surface area contributed by atoms with Crippen molar-refractivity contribution < 1.29 is 9.53 Å². The van der Waals surface area contributed by atoms with Crippen molar-refractivity contribution >= 4 is 5.91 Å². The van der Waals surface area contributed by atoms with E-state index in [4.69, 9.17) is 10.5 Å². The summed E-state index contributed by atoms with van der Waals surface area (Å²) in [6.45, 7) is 7.63. The first kappa shape index (κ1) is 11.5. The molecule has 4 nitrogen and oxygen atoms in total. The number of morpholine rings is 1. The van der Waals surface area contributed by atoms with Crippen LogP contribution in [0.2, 0.25) is 0 Å². The van der Waals surface area contributed by atoms with E-state index in [-0.39, 0.29) is 24.2 Å². The second kappa shape index (κ2) is 4.75. The maximum atomic E-state index is 11.2. The normalized spacial score (nSPS) is 31.4. The number of amides is 1. The van der Waals surface area contributed by atoms with E-state index in [1.807, 2.05) is 20.8 Å². The van der Waals surface area contributed by atoms with Gasteiger partial charge in [-0.2, -0.15) is 0 Å². The summed E-state index contributed by atoms with van der Waals surface area (Å²) in [5.74, 6) is -0.228. The van der Waals surface area contributed by atoms with Crippen molar-refractivity contribution in [3.8, 4) is 0 Å². The molecule has 0 aromatic heterocycles. The first-order valence-corrected chi connectivity index (χ1v) is 5.23. The van der Waals surface area contributed by atoms with Crippen LogP contribution in [0.5, 0.6) is 0 Å². The Bertz CT molecular complexity index is 198. The molecule has 3 unspecified atom stereocenters. The number of carbonyl (C=O) groups is 1. The number of ether oxygens (including phenoxy) is 1. The Morgan fingerprint density at radius 2 is 2.00 bits per heavy atom. The van der Waals surface area contributed by atoms with E-state index in [0.717, 1.165) is 19.5 Å². The van der Waals surface area contributed by atoms with E-state index in [1.54, 1.807) is 0 Å². The molecular weight excluding hydrogens is 180 g/mol. The molecule has 0 aromatic carbocycles. The molecule has 1 aliphatic heterocycles. The Kier molecular flexibility index (Phi) is 3.89. The van der Waals surface area contributed by atoms with Gasteiger partial charge in [-0.3, -0.25) is 9.69 Å². The molecule has 0 bridgehead atoms. The van der Waals surface area contributed by atoms with Crippen molar-refractivity contribution in [1.82, 2.24) is 4.90 Å². The fourth-order valence-corrected chi connectivity index (χ4v) is 2.11. The van der Waals surface area contributed by atoms with Crippen LogP contribution >= 0.6 is 0 Å². The lowest BCUT2D eigenvalue weighted by Crippen LogP contribution is -2.53. The van der Waals surface area contributed by atoms with Crippen LogP contribution in [0, 0.1) is 0 Å². The molecule has 1 saturated heterocycles. The summed E-state index contributed by atoms with van der Waals surface area (Å²) >= 11 is 0. The highest BCUT2D eigenvalue weighted by Gasteiger charge is 2.29. The van der Waals surface area contributed by atoms with Crippen LogP contribution in [0.3, 0.4) is 0 Å². The second-order valence-corrected chi connectivity index (χ2v) is 4.04. The lowest BCUT2D eigenvalue weighted by molar-refractivity contribution is -0.129. The minimum absolute atomic E-state index is 0.135. The molecule has 4 heteroatoms. The van der Waals surface area contributed by atoms with Crippen molar-refractivity contribution in [1.29, 1.82) is 0 Å². The van der Waals surface area contributed by atoms with Crippen LogP contribution in [0.15, 0.2) is 0 Å². The van der Waals surface area contributed by atoms with Crippen LogP contribution in [-0.4, -0.2) is 42.1 Å². The third-order valence-corrected chi connectivity index (χ3v) is 2.60. The maximum Gasteiger partial charge on any atom is 0.234 e. The van der Waals surface area contributed by atoms with Crippen LogP contribution < -0.4 is 5.73 Å². The highest BCUT2D eigenvalue weighted by molar-refractivity contribution is 5.79. The van der Waals surface area contributed by atoms with Crippen molar-refractivity contribution in [2.75, 3.05) is 13.1 Å². The molecule has 3 atom stereocenters. The highest BCUT2D eigenvalue weighted by atomic mass is 16.5. The van der Waals surface area contributed by atoms with Gasteiger partial charge in [0.15, 0.2) is 0 Å². The van der Waals surface area contributed by atoms with E-state index in [1.165, 1.54) is 0 Å². The first-order valence-electron chi connectivity index (χ1n) is 5.23. The molecule has 0 aliphatic carbocycles. The molecule has 1 rings (SSSR count). The lowest BCUT2D eigenvalue weighted by atomic mass is 10.1. The average molecular weight is 200 g/mol. The highest BCUT2D eigenvalue weighted by Crippen LogP contribution is 2.14. The van der Waals surface area contributed by atoms with E-state index in [0.29, 0.717) is 0 Å². The zero-order valence-electron chi connectivity index (χ0n) is 9.19. The first-order chi connectivity index (χ1) is 6.54. The van der Waals surface area contributed by atoms with Gasteiger partial charge in [-0.15, -0.1) is 0 Å². The summed E-state index contributed by atoms with van der Waals surface area (Å²) in [7, 11) is 0. The van der Waals surface area contributed by atoms with Crippen LogP contribution in [0.4, 0.5) is 0 Å². The van der Waals surface area contributed by atoms with Crippen LogP contribution in [-0.2, 0) is 9.53 Å². The lowest BCUT2D eigenvalue weighted by Gasteiger charge is -2.38. The number of hydrogen-bond acceptors (Lipinski definition) is 3. The summed E-state index contributed by atoms with van der Waals surface area (Å²) in [5.41, 5.74) is 5.35. The molecule has 1 fully saturated rings. The number of nitrogens with two attached hydrogens (primary N) is 1. The largest absolute Gasteiger partial charge is 0.373 e. The van der Waals surface area contributed by atoms with E-state index in [2.05, 4.69) is 4.90 Å². The molecule has 1 amide bonds. The third-order valence-electron chi connectivity index (χ3n) is 2.60. The Balaban J connectivity index is 2.61. The Labute approximate surface area is 85.4 Å². The van der Waals surface area contributed by atoms with Crippen LogP contribution in [0.1, 0.15) is 27.2 Å². The van der Waals surface area contributed by atoms with Gasteiger partial charge in [0.05, 0.1) is 18.2 Å². The summed E-state index contributed by atoms with van der Waals surface area (Å²) in [6.07, 6.45) is 1.15. The number of primary amides is 1. The van der Waals surface area contributed by atoms with Gasteiger partial charge in [-0.05, 0) is 20.3 Å². The summed E-state index contributed by atoms with van der Waals surface area (Å²) in [5, 5.41) is 0. The Hall–Kier alpha value is -0.610. The van der Waals surface area contributed by atoms with E-state index < -0.39 is 0 Å². The zero-order valence-corrected chi connectivity index (χ0v) is 9.19. The standard InChI is InChI=1S/C10H20N2O2/c1-4-9(10(11)13)12-5-7(2)14-8(3)6-12/h7-9H,4-6H2,1-3H3,(H2,11,13). The second-order valence-electron chi connectivity index (χ2n) is 4.04. The quantitative estimate of drug-likeness (QED) is 0.715. The van der Waals surface area contributed by atoms with Crippen LogP contribution in [0.25, 0.3) is 0 Å². The van der Waals surface area contributed by atoms with Gasteiger partial charge in [0.1, 0.15) is 0 Å². The number of carbonyl (C=O) groups excluding carboxylic acids is 1. The van der Waals surface area contributed by atoms with Crippen molar-refractivity contribution in [2.45, 2.75) is 45.4 Å². The van der Waals surface area contributed by atoms with Gasteiger partial charge in [-0.1, -0.05) is 6.92 Å². The number of hydrogen-bond donors (Lipinski definition) is 1. The number of nitrogens with zero attached hydrogens (tertiary/aromatic N) is 1. The fraction of sp³-hybridized carbons (Fsp3) is 0.900. The van der Waals surface area contributed by atoms with Gasteiger partial charge >= 0.3 is 0 Å². The zero-order chi connectivity index (χ0) is 10.7. The Morgan fingerprint density at radius 1 is 1.50 bits per heavy atom. The predicted molar refractivity (Wildman–Crippen MR) is 54.9 cm³/mol. The third kappa shape index (κ3) is 2.69. The van der Waals surface area contributed by atoms with Crippen molar-refractivity contribution in [3.63, 3.8) is 0 Å². The topological polar surface area (TPSA) is 55.6 Å². The summed E-state index contributed by atoms with van der Waals surface area (Å²) < 4.78 is 5.60. The molecule has 1 heterocycles. The molecule has 1 aliphatic rings. The smallest absolute Gasteiger partial charge is 0.234 e. The molecular formula is C10H20N2O2. The maximum absolute atomic E-state index is 11.2. The van der Waals surface area contributed by atoms with Crippen molar-refractivity contribution in [3.05, 3.63) is 0 Å². The molecule has 14 heavy (non-hydrogen) atoms. The molecule has 0 spiro atoms. The van der Waals surface area contributed by atoms with Gasteiger partial charge in [0, 0.05) is 13.1 Å². The molecule has 2 N–H and O–H groups in total. The summed E-state index contributed by atoms with van der Waals surface area (Å²) in [6, 6.07) is -0.135. The van der Waals surface area contributed by atoms with Gasteiger partial charge < -0.3 is 10.5 Å². The fourth-order valence-electron chi connectivity index (χ4n) is 2.11. The Morgan fingerprint density at radius 3 is 2.36 bits per heavy atom. The van der Waals surface area contributed by atoms with Gasteiger partial charge in [-0.25, -0.2) is 0 Å². The predicted octanol–water partition coefficient (Wildman–Crippen LogP) is 0.359. The van der Waals surface area contributed by atoms with Gasteiger partial charge in [0.2, 0.25) is 5.91 Å². The monoisotopic (exact) mass is 200 g/mol. The molecule has 0 radical (unpaired) electrons. The van der Waals surface area contributed by atoms with E-state index in [9.17, 15) is 4.79 Å². The SMILES string of the molecule is CCC(C(N)=O)N1CC(C)OC(C)C1. The molecule has 0 saturated carbocycles. The number of rotatable bonds is 3. The minimum Gasteiger partial charge on any atom is -0.373 e. The minimum atomic E-state index is -0.228. The van der Waals surface area contributed by atoms with E-state index >= 15 is 0 Å². The van der Waals surface area contributed by atoms with Crippen molar-refractivity contribution in [2.24, 2.45) is 5.73 Å². The van der Waals surface area contributed by atoms with Gasteiger partial charge in [0.25, 0.3) is 0 Å². The summed E-state index contributed by atoms with van der Waals surface area (Å²) in [4.78, 5) is 13.3.